The molecule has 8 heteroatoms. The zero-order valence-corrected chi connectivity index (χ0v) is 15.6. The van der Waals surface area contributed by atoms with Crippen LogP contribution in [0.2, 0.25) is 0 Å². The van der Waals surface area contributed by atoms with E-state index in [0.29, 0.717) is 23.1 Å². The molecule has 0 aliphatic carbocycles. The molecule has 0 aliphatic heterocycles. The molecule has 0 saturated carbocycles. The van der Waals surface area contributed by atoms with Crippen molar-refractivity contribution in [2.45, 2.75) is 32.9 Å². The zero-order valence-electron chi connectivity index (χ0n) is 15.6. The second kappa shape index (κ2) is 9.07. The number of aromatic nitrogens is 3. The second-order valence-electron chi connectivity index (χ2n) is 6.19. The molecule has 3 aromatic rings. The van der Waals surface area contributed by atoms with Gasteiger partial charge in [0.2, 0.25) is 5.95 Å². The lowest BCUT2D eigenvalue weighted by Gasteiger charge is -2.15. The fourth-order valence-corrected chi connectivity index (χ4v) is 2.43. The van der Waals surface area contributed by atoms with Crippen LogP contribution in [0.15, 0.2) is 54.9 Å². The Morgan fingerprint density at radius 1 is 1.11 bits per heavy atom. The number of ether oxygens (including phenoxy) is 1. The SMILES string of the molecule is CC[C@H](C)Nc1nc(Nc2ccc(OC(F)F)cc2)cc(-c2cccnc2)n1. The number of pyridine rings is 1. The first-order chi connectivity index (χ1) is 13.5. The number of rotatable bonds is 8. The van der Waals surface area contributed by atoms with Gasteiger partial charge in [-0.15, -0.1) is 0 Å². The maximum absolute atomic E-state index is 12.3. The van der Waals surface area contributed by atoms with E-state index in [2.05, 4.69) is 44.2 Å². The molecule has 0 bridgehead atoms. The zero-order chi connectivity index (χ0) is 19.9. The Hall–Kier alpha value is -3.29. The first kappa shape index (κ1) is 19.5. The molecule has 28 heavy (non-hydrogen) atoms. The topological polar surface area (TPSA) is 72.0 Å². The molecule has 146 valence electrons. The summed E-state index contributed by atoms with van der Waals surface area (Å²) in [7, 11) is 0. The van der Waals surface area contributed by atoms with E-state index >= 15 is 0 Å². The third-order valence-corrected chi connectivity index (χ3v) is 4.02. The van der Waals surface area contributed by atoms with E-state index in [0.717, 1.165) is 12.0 Å². The molecule has 0 aliphatic rings. The van der Waals surface area contributed by atoms with Crippen LogP contribution in [0.5, 0.6) is 5.75 Å². The molecule has 0 saturated heterocycles. The summed E-state index contributed by atoms with van der Waals surface area (Å²) in [5.74, 6) is 1.16. The summed E-state index contributed by atoms with van der Waals surface area (Å²) in [4.78, 5) is 13.2. The third-order valence-electron chi connectivity index (χ3n) is 4.02. The molecule has 0 unspecified atom stereocenters. The molecule has 0 radical (unpaired) electrons. The Kier molecular flexibility index (Phi) is 6.31. The molecule has 1 aromatic carbocycles. The van der Waals surface area contributed by atoms with Crippen molar-refractivity contribution < 1.29 is 13.5 Å². The summed E-state index contributed by atoms with van der Waals surface area (Å²) >= 11 is 0. The van der Waals surface area contributed by atoms with Gasteiger partial charge in [0.05, 0.1) is 5.69 Å². The largest absolute Gasteiger partial charge is 0.435 e. The number of nitrogens with zero attached hydrogens (tertiary/aromatic N) is 3. The van der Waals surface area contributed by atoms with Crippen molar-refractivity contribution in [3.05, 3.63) is 54.9 Å². The molecular formula is C20H21F2N5O. The quantitative estimate of drug-likeness (QED) is 0.562. The standard InChI is InChI=1S/C20H21F2N5O/c1-3-13(2)24-20-26-17(14-5-4-10-23-12-14)11-18(27-20)25-15-6-8-16(9-7-15)28-19(21)22/h4-13,19H,3H2,1-2H3,(H2,24,25,26,27)/t13-/m0/s1. The summed E-state index contributed by atoms with van der Waals surface area (Å²) in [5.41, 5.74) is 2.27. The highest BCUT2D eigenvalue weighted by Crippen LogP contribution is 2.25. The molecule has 2 N–H and O–H groups in total. The van der Waals surface area contributed by atoms with Gasteiger partial charge in [-0.3, -0.25) is 4.98 Å². The summed E-state index contributed by atoms with van der Waals surface area (Å²) in [5, 5.41) is 6.44. The van der Waals surface area contributed by atoms with Crippen LogP contribution in [0.3, 0.4) is 0 Å². The van der Waals surface area contributed by atoms with Crippen LogP contribution in [-0.4, -0.2) is 27.6 Å². The number of benzene rings is 1. The number of nitrogens with one attached hydrogen (secondary N) is 2. The van der Waals surface area contributed by atoms with Gasteiger partial charge >= 0.3 is 6.61 Å². The normalized spacial score (nSPS) is 11.9. The molecule has 2 heterocycles. The van der Waals surface area contributed by atoms with Crippen LogP contribution in [0.4, 0.5) is 26.2 Å². The van der Waals surface area contributed by atoms with Crippen molar-refractivity contribution in [1.82, 2.24) is 15.0 Å². The van der Waals surface area contributed by atoms with Crippen LogP contribution < -0.4 is 15.4 Å². The van der Waals surface area contributed by atoms with Crippen LogP contribution in [0, 0.1) is 0 Å². The highest BCUT2D eigenvalue weighted by atomic mass is 19.3. The van der Waals surface area contributed by atoms with Gasteiger partial charge in [0.25, 0.3) is 0 Å². The molecule has 6 nitrogen and oxygen atoms in total. The van der Waals surface area contributed by atoms with Crippen LogP contribution in [-0.2, 0) is 0 Å². The van der Waals surface area contributed by atoms with Crippen molar-refractivity contribution in [2.75, 3.05) is 10.6 Å². The number of hydrogen-bond acceptors (Lipinski definition) is 6. The van der Waals surface area contributed by atoms with Gasteiger partial charge in [0, 0.05) is 35.8 Å². The van der Waals surface area contributed by atoms with Gasteiger partial charge in [-0.25, -0.2) is 4.98 Å². The van der Waals surface area contributed by atoms with E-state index in [-0.39, 0.29) is 11.8 Å². The Bertz CT molecular complexity index is 891. The van der Waals surface area contributed by atoms with E-state index in [9.17, 15) is 8.78 Å². The summed E-state index contributed by atoms with van der Waals surface area (Å²) in [6.45, 7) is 1.27. The Morgan fingerprint density at radius 3 is 2.54 bits per heavy atom. The van der Waals surface area contributed by atoms with Crippen molar-refractivity contribution in [3.8, 4) is 17.0 Å². The number of halogens is 2. The predicted molar refractivity (Wildman–Crippen MR) is 105 cm³/mol. The highest BCUT2D eigenvalue weighted by molar-refractivity contribution is 5.67. The minimum atomic E-state index is -2.85. The van der Waals surface area contributed by atoms with E-state index in [1.165, 1.54) is 12.1 Å². The number of alkyl halides is 2. The summed E-state index contributed by atoms with van der Waals surface area (Å²) in [6.07, 6.45) is 4.36. The molecule has 0 fully saturated rings. The lowest BCUT2D eigenvalue weighted by atomic mass is 10.2. The van der Waals surface area contributed by atoms with Crippen LogP contribution >= 0.6 is 0 Å². The first-order valence-electron chi connectivity index (χ1n) is 8.91. The average molecular weight is 385 g/mol. The van der Waals surface area contributed by atoms with E-state index in [1.807, 2.05) is 18.2 Å². The van der Waals surface area contributed by atoms with Crippen molar-refractivity contribution in [1.29, 1.82) is 0 Å². The monoisotopic (exact) mass is 385 g/mol. The van der Waals surface area contributed by atoms with Gasteiger partial charge < -0.3 is 15.4 Å². The van der Waals surface area contributed by atoms with E-state index in [4.69, 9.17) is 0 Å². The average Bonchev–Trinajstić information content (AvgIpc) is 2.69. The summed E-state index contributed by atoms with van der Waals surface area (Å²) in [6, 6.07) is 12.0. The Labute approximate surface area is 162 Å². The van der Waals surface area contributed by atoms with Gasteiger partial charge in [-0.05, 0) is 49.7 Å². The molecule has 1 atom stereocenters. The maximum Gasteiger partial charge on any atom is 0.387 e. The van der Waals surface area contributed by atoms with Gasteiger partial charge in [0.15, 0.2) is 0 Å². The lowest BCUT2D eigenvalue weighted by molar-refractivity contribution is -0.0498. The van der Waals surface area contributed by atoms with Gasteiger partial charge in [0.1, 0.15) is 11.6 Å². The highest BCUT2D eigenvalue weighted by Gasteiger charge is 2.10. The van der Waals surface area contributed by atoms with Crippen molar-refractivity contribution in [3.63, 3.8) is 0 Å². The van der Waals surface area contributed by atoms with Gasteiger partial charge in [-0.1, -0.05) is 6.92 Å². The predicted octanol–water partition coefficient (Wildman–Crippen LogP) is 5.09. The van der Waals surface area contributed by atoms with E-state index in [1.54, 1.807) is 24.5 Å². The molecule has 0 amide bonds. The molecular weight excluding hydrogens is 364 g/mol. The van der Waals surface area contributed by atoms with E-state index < -0.39 is 6.61 Å². The van der Waals surface area contributed by atoms with Crippen molar-refractivity contribution >= 4 is 17.5 Å². The van der Waals surface area contributed by atoms with Gasteiger partial charge in [-0.2, -0.15) is 13.8 Å². The molecule has 3 rings (SSSR count). The van der Waals surface area contributed by atoms with Crippen molar-refractivity contribution in [2.24, 2.45) is 0 Å². The Balaban J connectivity index is 1.87. The maximum atomic E-state index is 12.3. The van der Waals surface area contributed by atoms with Crippen LogP contribution in [0.1, 0.15) is 20.3 Å². The Morgan fingerprint density at radius 2 is 1.89 bits per heavy atom. The molecule has 2 aromatic heterocycles. The second-order valence-corrected chi connectivity index (χ2v) is 6.19. The fourth-order valence-electron chi connectivity index (χ4n) is 2.43. The first-order valence-corrected chi connectivity index (χ1v) is 8.91. The summed E-state index contributed by atoms with van der Waals surface area (Å²) < 4.78 is 28.9. The fraction of sp³-hybridized carbons (Fsp3) is 0.250. The number of anilines is 3. The van der Waals surface area contributed by atoms with Crippen LogP contribution in [0.25, 0.3) is 11.3 Å². The third kappa shape index (κ3) is 5.35. The molecule has 0 spiro atoms. The smallest absolute Gasteiger partial charge is 0.387 e. The lowest BCUT2D eigenvalue weighted by Crippen LogP contribution is -2.16. The number of hydrogen-bond donors (Lipinski definition) is 2. The minimum Gasteiger partial charge on any atom is -0.435 e. The minimum absolute atomic E-state index is 0.0958.